The molecule has 1 fully saturated rings. The lowest BCUT2D eigenvalue weighted by molar-refractivity contribution is -0.136. The van der Waals surface area contributed by atoms with Gasteiger partial charge in [-0.1, -0.05) is 55.3 Å². The average Bonchev–Trinajstić information content (AvgIpc) is 3.75. The number of ether oxygens (including phenoxy) is 1. The molecule has 13 heteroatoms. The molecule has 49 heavy (non-hydrogen) atoms. The van der Waals surface area contributed by atoms with Crippen molar-refractivity contribution >= 4 is 40.9 Å². The lowest BCUT2D eigenvalue weighted by Gasteiger charge is -2.32. The normalized spacial score (nSPS) is 20.4. The quantitative estimate of drug-likeness (QED) is 0.238. The predicted octanol–water partition coefficient (Wildman–Crippen LogP) is 2.74. The molecule has 5 amide bonds. The van der Waals surface area contributed by atoms with Crippen molar-refractivity contribution in [3.63, 3.8) is 0 Å². The van der Waals surface area contributed by atoms with Crippen LogP contribution in [-0.4, -0.2) is 71.8 Å². The molecule has 1 aliphatic heterocycles. The second-order valence-corrected chi connectivity index (χ2v) is 13.5. The Bertz CT molecular complexity index is 1620. The maximum atomic E-state index is 13.9. The highest BCUT2D eigenvalue weighted by Gasteiger charge is 2.44. The Kier molecular flexibility index (Phi) is 12.4. The van der Waals surface area contributed by atoms with Crippen molar-refractivity contribution in [3.05, 3.63) is 81.8 Å². The van der Waals surface area contributed by atoms with Gasteiger partial charge in [0.1, 0.15) is 23.4 Å². The maximum absolute atomic E-state index is 13.9. The van der Waals surface area contributed by atoms with Crippen LogP contribution in [0.2, 0.25) is 0 Å². The molecule has 0 saturated heterocycles. The summed E-state index contributed by atoms with van der Waals surface area (Å²) in [7, 11) is 0. The van der Waals surface area contributed by atoms with Gasteiger partial charge >= 0.3 is 0 Å². The molecule has 3 aromatic rings. The van der Waals surface area contributed by atoms with Crippen LogP contribution in [0.5, 0.6) is 5.75 Å². The van der Waals surface area contributed by atoms with Crippen molar-refractivity contribution < 1.29 is 28.7 Å². The fourth-order valence-electron chi connectivity index (χ4n) is 6.15. The van der Waals surface area contributed by atoms with Gasteiger partial charge in [0.05, 0.1) is 23.6 Å². The van der Waals surface area contributed by atoms with E-state index in [4.69, 9.17) is 4.74 Å². The van der Waals surface area contributed by atoms with E-state index >= 15 is 0 Å². The third kappa shape index (κ3) is 9.88. The largest absolute Gasteiger partial charge is 0.493 e. The minimum Gasteiger partial charge on any atom is -0.493 e. The van der Waals surface area contributed by atoms with E-state index < -0.39 is 47.7 Å². The van der Waals surface area contributed by atoms with Crippen LogP contribution in [0.15, 0.2) is 60.0 Å². The fraction of sp³-hybridized carbons (Fsp3) is 0.444. The molecule has 260 valence electrons. The number of amides is 5. The molecule has 0 bridgehead atoms. The molecule has 2 aromatic carbocycles. The van der Waals surface area contributed by atoms with Crippen molar-refractivity contribution in [1.82, 2.24) is 31.6 Å². The number of aryl methyl sites for hydroxylation is 2. The average molecular weight is 689 g/mol. The number of fused-ring (bicyclic) bond motifs is 1. The highest BCUT2D eigenvalue weighted by Crippen LogP contribution is 2.30. The predicted molar refractivity (Wildman–Crippen MR) is 185 cm³/mol. The van der Waals surface area contributed by atoms with E-state index in [0.717, 1.165) is 16.3 Å². The lowest BCUT2D eigenvalue weighted by Crippen LogP contribution is -2.62. The van der Waals surface area contributed by atoms with E-state index in [0.29, 0.717) is 57.2 Å². The Morgan fingerprint density at radius 3 is 2.51 bits per heavy atom. The molecule has 1 spiro atoms. The molecule has 1 aromatic heterocycles. The highest BCUT2D eigenvalue weighted by atomic mass is 32.1. The number of benzene rings is 2. The first kappa shape index (κ1) is 35.5. The van der Waals surface area contributed by atoms with Gasteiger partial charge in [-0.05, 0) is 50.3 Å². The second-order valence-electron chi connectivity index (χ2n) is 12.5. The molecule has 1 saturated carbocycles. The Labute approximate surface area is 290 Å². The number of rotatable bonds is 7. The van der Waals surface area contributed by atoms with E-state index in [2.05, 4.69) is 31.6 Å². The molecule has 1 aliphatic carbocycles. The number of aromatic nitrogens is 1. The first-order valence-electron chi connectivity index (χ1n) is 16.9. The monoisotopic (exact) mass is 688 g/mol. The summed E-state index contributed by atoms with van der Waals surface area (Å²) in [5.41, 5.74) is 0.776. The van der Waals surface area contributed by atoms with Gasteiger partial charge in [0, 0.05) is 37.0 Å². The molecular formula is C36H44N6O6S. The van der Waals surface area contributed by atoms with Crippen molar-refractivity contribution in [2.45, 2.75) is 82.3 Å². The van der Waals surface area contributed by atoms with Crippen LogP contribution in [0.3, 0.4) is 0 Å². The van der Waals surface area contributed by atoms with E-state index in [1.54, 1.807) is 35.6 Å². The van der Waals surface area contributed by atoms with Gasteiger partial charge < -0.3 is 31.3 Å². The van der Waals surface area contributed by atoms with Gasteiger partial charge in [0.2, 0.25) is 23.6 Å². The molecule has 0 radical (unpaired) electrons. The first-order chi connectivity index (χ1) is 23.7. The number of nitrogens with zero attached hydrogens (tertiary/aromatic N) is 1. The van der Waals surface area contributed by atoms with Gasteiger partial charge in [-0.15, -0.1) is 11.3 Å². The van der Waals surface area contributed by atoms with Crippen LogP contribution in [-0.2, 0) is 32.0 Å². The van der Waals surface area contributed by atoms with Crippen LogP contribution in [0.25, 0.3) is 0 Å². The smallest absolute Gasteiger partial charge is 0.255 e. The topological polar surface area (TPSA) is 168 Å². The van der Waals surface area contributed by atoms with E-state index in [9.17, 15) is 24.0 Å². The summed E-state index contributed by atoms with van der Waals surface area (Å²) in [6.45, 7) is 2.73. The number of carbonyl (C=O) groups is 5. The number of hydrogen-bond donors (Lipinski definition) is 5. The van der Waals surface area contributed by atoms with Crippen LogP contribution in [0.4, 0.5) is 0 Å². The number of para-hydroxylation sites is 1. The van der Waals surface area contributed by atoms with Gasteiger partial charge in [-0.25, -0.2) is 4.98 Å². The lowest BCUT2D eigenvalue weighted by atomic mass is 9.94. The van der Waals surface area contributed by atoms with Crippen molar-refractivity contribution in [3.8, 4) is 5.75 Å². The standard InChI is InChI=1S/C36H44N6O6S/c1-24-23-49-31(39-24)15-9-18-37-34(46)28-22-30(43)42-36(16-7-8-17-36)35(47)41-27(21-25-11-3-2-4-12-25)33(45)38-19-10-20-48-29-14-6-5-13-26(29)32(44)40-28/h2-6,11-14,23,27-28H,7-10,15-22H2,1H3,(H,37,46)(H,38,45)(H,40,44)(H,41,47)(H,42,43)/t27-,28-/m0/s1. The van der Waals surface area contributed by atoms with Crippen molar-refractivity contribution in [2.75, 3.05) is 19.7 Å². The molecule has 2 aliphatic rings. The third-order valence-electron chi connectivity index (χ3n) is 8.73. The Balaban J connectivity index is 1.37. The summed E-state index contributed by atoms with van der Waals surface area (Å²) < 4.78 is 5.91. The maximum Gasteiger partial charge on any atom is 0.255 e. The fourth-order valence-corrected chi connectivity index (χ4v) is 6.97. The second kappa shape index (κ2) is 17.0. The molecule has 5 rings (SSSR count). The van der Waals surface area contributed by atoms with Crippen LogP contribution >= 0.6 is 11.3 Å². The van der Waals surface area contributed by atoms with Crippen molar-refractivity contribution in [2.24, 2.45) is 0 Å². The Morgan fingerprint density at radius 1 is 1.00 bits per heavy atom. The molecule has 0 unspecified atom stereocenters. The summed E-state index contributed by atoms with van der Waals surface area (Å²) in [5.74, 6) is -2.14. The van der Waals surface area contributed by atoms with Gasteiger partial charge in [-0.3, -0.25) is 24.0 Å². The van der Waals surface area contributed by atoms with Gasteiger partial charge in [-0.2, -0.15) is 0 Å². The SMILES string of the molecule is Cc1csc(CCCNC(=O)[C@@H]2CC(=O)NC3(CCCC3)C(=O)N[C@@H](Cc3ccccc3)C(=O)NCCCOc3ccccc3C(=O)N2)n1. The van der Waals surface area contributed by atoms with E-state index in [-0.39, 0.29) is 31.0 Å². The minimum atomic E-state index is -1.25. The van der Waals surface area contributed by atoms with Crippen molar-refractivity contribution in [1.29, 1.82) is 0 Å². The van der Waals surface area contributed by atoms with Crippen LogP contribution < -0.4 is 31.3 Å². The van der Waals surface area contributed by atoms with E-state index in [1.807, 2.05) is 42.6 Å². The summed E-state index contributed by atoms with van der Waals surface area (Å²) >= 11 is 1.56. The summed E-state index contributed by atoms with van der Waals surface area (Å²) in [5, 5.41) is 17.3. The summed E-state index contributed by atoms with van der Waals surface area (Å²) in [6.07, 6.45) is 3.81. The molecular weight excluding hydrogens is 644 g/mol. The third-order valence-corrected chi connectivity index (χ3v) is 9.76. The zero-order valence-corrected chi connectivity index (χ0v) is 28.5. The highest BCUT2D eigenvalue weighted by molar-refractivity contribution is 7.09. The number of nitrogens with one attached hydrogen (secondary N) is 5. The minimum absolute atomic E-state index is 0.203. The zero-order chi connectivity index (χ0) is 34.6. The number of thiazole rings is 1. The van der Waals surface area contributed by atoms with Gasteiger partial charge in [0.25, 0.3) is 5.91 Å². The van der Waals surface area contributed by atoms with Gasteiger partial charge in [0.15, 0.2) is 0 Å². The Morgan fingerprint density at radius 2 is 1.76 bits per heavy atom. The van der Waals surface area contributed by atoms with E-state index in [1.165, 1.54) is 0 Å². The van der Waals surface area contributed by atoms with Crippen LogP contribution in [0.1, 0.15) is 71.6 Å². The first-order valence-corrected chi connectivity index (χ1v) is 17.8. The molecule has 2 heterocycles. The zero-order valence-electron chi connectivity index (χ0n) is 27.7. The summed E-state index contributed by atoms with van der Waals surface area (Å²) in [4.78, 5) is 72.5. The number of carbonyl (C=O) groups excluding carboxylic acids is 5. The number of hydrogen-bond acceptors (Lipinski definition) is 8. The molecule has 5 N–H and O–H groups in total. The molecule has 2 atom stereocenters. The molecule has 12 nitrogen and oxygen atoms in total. The van der Waals surface area contributed by atoms with Crippen LogP contribution in [0, 0.1) is 6.92 Å². The summed E-state index contributed by atoms with van der Waals surface area (Å²) in [6, 6.07) is 14.0. The Hall–Kier alpha value is -4.78.